The highest BCUT2D eigenvalue weighted by Gasteiger charge is 2.29. The van der Waals surface area contributed by atoms with E-state index in [4.69, 9.17) is 0 Å². The molecule has 2 aromatic rings. The van der Waals surface area contributed by atoms with Crippen LogP contribution in [0.2, 0.25) is 0 Å². The lowest BCUT2D eigenvalue weighted by Gasteiger charge is -2.19. The Morgan fingerprint density at radius 3 is 2.94 bits per heavy atom. The minimum atomic E-state index is 0.795. The molecule has 16 heavy (non-hydrogen) atoms. The molecule has 0 saturated heterocycles. The Labute approximate surface area is 104 Å². The van der Waals surface area contributed by atoms with Crippen LogP contribution in [0.25, 0.3) is 0 Å². The molecule has 0 radical (unpaired) electrons. The first-order chi connectivity index (χ1) is 7.92. The van der Waals surface area contributed by atoms with Crippen LogP contribution in [0.1, 0.15) is 23.4 Å². The van der Waals surface area contributed by atoms with Gasteiger partial charge < -0.3 is 0 Å². The monoisotopic (exact) mass is 250 g/mol. The van der Waals surface area contributed by atoms with Gasteiger partial charge in [-0.2, -0.15) is 0 Å². The maximum absolute atomic E-state index is 4.38. The maximum Gasteiger partial charge on any atom is 0.0795 e. The van der Waals surface area contributed by atoms with Gasteiger partial charge in [-0.3, -0.25) is 4.90 Å². The van der Waals surface area contributed by atoms with Crippen molar-refractivity contribution in [2.24, 2.45) is 0 Å². The number of aromatic nitrogens is 1. The fourth-order valence-corrected chi connectivity index (χ4v) is 3.16. The van der Waals surface area contributed by atoms with Gasteiger partial charge in [0.1, 0.15) is 0 Å². The zero-order chi connectivity index (χ0) is 10.8. The first kappa shape index (κ1) is 10.4. The molecule has 1 aliphatic rings. The third kappa shape index (κ3) is 2.51. The first-order valence-electron chi connectivity index (χ1n) is 5.55. The standard InChI is InChI=1S/C12H14N2S2/c1-2-12(16-5-1)7-14(11-3-4-11)6-10-8-15-9-13-10/h1-2,5,8-9,11H,3-4,6-7H2. The molecule has 0 bridgehead atoms. The van der Waals surface area contributed by atoms with Gasteiger partial charge in [-0.05, 0) is 24.3 Å². The van der Waals surface area contributed by atoms with Gasteiger partial charge in [0.15, 0.2) is 0 Å². The molecule has 0 unspecified atom stereocenters. The summed E-state index contributed by atoms with van der Waals surface area (Å²) in [6, 6.07) is 5.15. The molecule has 2 heterocycles. The van der Waals surface area contributed by atoms with Gasteiger partial charge in [0, 0.05) is 29.4 Å². The van der Waals surface area contributed by atoms with E-state index in [1.807, 2.05) is 16.8 Å². The van der Waals surface area contributed by atoms with Crippen molar-refractivity contribution in [2.75, 3.05) is 0 Å². The highest BCUT2D eigenvalue weighted by atomic mass is 32.1. The Morgan fingerprint density at radius 2 is 2.31 bits per heavy atom. The normalized spacial score (nSPS) is 15.8. The number of hydrogen-bond acceptors (Lipinski definition) is 4. The van der Waals surface area contributed by atoms with Crippen molar-refractivity contribution in [1.29, 1.82) is 0 Å². The molecule has 2 aromatic heterocycles. The van der Waals surface area contributed by atoms with E-state index >= 15 is 0 Å². The molecule has 0 atom stereocenters. The van der Waals surface area contributed by atoms with Crippen molar-refractivity contribution in [2.45, 2.75) is 32.0 Å². The zero-order valence-electron chi connectivity index (χ0n) is 9.00. The second-order valence-electron chi connectivity index (χ2n) is 4.20. The van der Waals surface area contributed by atoms with Gasteiger partial charge in [-0.1, -0.05) is 6.07 Å². The van der Waals surface area contributed by atoms with E-state index in [-0.39, 0.29) is 0 Å². The Balaban J connectivity index is 1.67. The highest BCUT2D eigenvalue weighted by Crippen LogP contribution is 2.30. The third-order valence-electron chi connectivity index (χ3n) is 2.85. The first-order valence-corrected chi connectivity index (χ1v) is 7.37. The molecule has 84 valence electrons. The fraction of sp³-hybridized carbons (Fsp3) is 0.417. The van der Waals surface area contributed by atoms with Gasteiger partial charge in [0.05, 0.1) is 11.2 Å². The van der Waals surface area contributed by atoms with E-state index in [9.17, 15) is 0 Å². The molecule has 0 spiro atoms. The smallest absolute Gasteiger partial charge is 0.0795 e. The van der Waals surface area contributed by atoms with E-state index in [0.29, 0.717) is 0 Å². The number of thiazole rings is 1. The minimum Gasteiger partial charge on any atom is -0.289 e. The van der Waals surface area contributed by atoms with Crippen LogP contribution in [0.3, 0.4) is 0 Å². The Bertz CT molecular complexity index is 382. The molecule has 1 aliphatic carbocycles. The molecule has 4 heteroatoms. The summed E-state index contributed by atoms with van der Waals surface area (Å²) in [7, 11) is 0. The summed E-state index contributed by atoms with van der Waals surface area (Å²) >= 11 is 3.54. The molecule has 1 fully saturated rings. The summed E-state index contributed by atoms with van der Waals surface area (Å²) in [5.41, 5.74) is 3.14. The number of nitrogens with zero attached hydrogens (tertiary/aromatic N) is 2. The molecule has 3 rings (SSSR count). The van der Waals surface area contributed by atoms with Crippen molar-refractivity contribution in [1.82, 2.24) is 9.88 Å². The largest absolute Gasteiger partial charge is 0.289 e. The number of thiophene rings is 1. The van der Waals surface area contributed by atoms with Gasteiger partial charge in [-0.25, -0.2) is 4.98 Å². The van der Waals surface area contributed by atoms with Crippen LogP contribution >= 0.6 is 22.7 Å². The zero-order valence-corrected chi connectivity index (χ0v) is 10.6. The van der Waals surface area contributed by atoms with E-state index in [1.54, 1.807) is 11.3 Å². The SMILES string of the molecule is c1csc(CN(Cc2cscn2)C2CC2)c1. The number of rotatable bonds is 5. The van der Waals surface area contributed by atoms with Crippen LogP contribution in [-0.4, -0.2) is 15.9 Å². The van der Waals surface area contributed by atoms with Crippen molar-refractivity contribution in [3.8, 4) is 0 Å². The topological polar surface area (TPSA) is 16.1 Å². The van der Waals surface area contributed by atoms with Crippen molar-refractivity contribution in [3.63, 3.8) is 0 Å². The van der Waals surface area contributed by atoms with E-state index < -0.39 is 0 Å². The molecule has 0 aliphatic heterocycles. The molecular formula is C12H14N2S2. The summed E-state index contributed by atoms with van der Waals surface area (Å²) in [6.07, 6.45) is 2.71. The summed E-state index contributed by atoms with van der Waals surface area (Å²) < 4.78 is 0. The maximum atomic E-state index is 4.38. The van der Waals surface area contributed by atoms with Crippen LogP contribution < -0.4 is 0 Å². The van der Waals surface area contributed by atoms with E-state index in [0.717, 1.165) is 19.1 Å². The molecule has 0 aromatic carbocycles. The lowest BCUT2D eigenvalue weighted by molar-refractivity contribution is 0.245. The van der Waals surface area contributed by atoms with Crippen LogP contribution in [0.5, 0.6) is 0 Å². The van der Waals surface area contributed by atoms with Gasteiger partial charge in [-0.15, -0.1) is 22.7 Å². The van der Waals surface area contributed by atoms with Gasteiger partial charge in [0.25, 0.3) is 0 Å². The van der Waals surface area contributed by atoms with Crippen LogP contribution in [0.4, 0.5) is 0 Å². The lowest BCUT2D eigenvalue weighted by Crippen LogP contribution is -2.24. The third-order valence-corrected chi connectivity index (χ3v) is 4.35. The second-order valence-corrected chi connectivity index (χ2v) is 5.95. The highest BCUT2D eigenvalue weighted by molar-refractivity contribution is 7.09. The summed E-state index contributed by atoms with van der Waals surface area (Å²) in [5.74, 6) is 0. The molecule has 2 nitrogen and oxygen atoms in total. The van der Waals surface area contributed by atoms with Crippen molar-refractivity contribution < 1.29 is 0 Å². The molecule has 0 amide bonds. The summed E-state index contributed by atoms with van der Waals surface area (Å²) in [6.45, 7) is 2.09. The van der Waals surface area contributed by atoms with Crippen molar-refractivity contribution in [3.05, 3.63) is 39.0 Å². The Hall–Kier alpha value is -0.710. The van der Waals surface area contributed by atoms with E-state index in [2.05, 4.69) is 32.8 Å². The molecular weight excluding hydrogens is 236 g/mol. The minimum absolute atomic E-state index is 0.795. The van der Waals surface area contributed by atoms with Crippen LogP contribution in [-0.2, 0) is 13.1 Å². The van der Waals surface area contributed by atoms with Gasteiger partial charge in [0.2, 0.25) is 0 Å². The van der Waals surface area contributed by atoms with Crippen LogP contribution in [0.15, 0.2) is 28.4 Å². The molecule has 1 saturated carbocycles. The average molecular weight is 250 g/mol. The second kappa shape index (κ2) is 4.65. The summed E-state index contributed by atoms with van der Waals surface area (Å²) in [5, 5.41) is 4.31. The molecule has 0 N–H and O–H groups in total. The van der Waals surface area contributed by atoms with Gasteiger partial charge >= 0.3 is 0 Å². The Morgan fingerprint density at radius 1 is 1.38 bits per heavy atom. The van der Waals surface area contributed by atoms with Crippen LogP contribution in [0, 0.1) is 0 Å². The predicted octanol–water partition coefficient (Wildman–Crippen LogP) is 3.37. The van der Waals surface area contributed by atoms with E-state index in [1.165, 1.54) is 23.4 Å². The lowest BCUT2D eigenvalue weighted by atomic mass is 10.3. The Kier molecular flexibility index (Phi) is 3.04. The number of hydrogen-bond donors (Lipinski definition) is 0. The predicted molar refractivity (Wildman–Crippen MR) is 68.7 cm³/mol. The average Bonchev–Trinajstić information content (AvgIpc) is 2.79. The quantitative estimate of drug-likeness (QED) is 0.809. The summed E-state index contributed by atoms with van der Waals surface area (Å²) in [4.78, 5) is 8.39. The fourth-order valence-electron chi connectivity index (χ4n) is 1.88. The van der Waals surface area contributed by atoms with Crippen molar-refractivity contribution >= 4 is 22.7 Å².